The van der Waals surface area contributed by atoms with E-state index in [1.165, 1.54) is 18.4 Å². The van der Waals surface area contributed by atoms with Crippen molar-refractivity contribution in [3.8, 4) is 0 Å². The third kappa shape index (κ3) is 3.70. The minimum atomic E-state index is -0.119. The van der Waals surface area contributed by atoms with E-state index in [0.29, 0.717) is 11.1 Å². The van der Waals surface area contributed by atoms with Crippen molar-refractivity contribution in [1.82, 2.24) is 5.32 Å². The lowest BCUT2D eigenvalue weighted by molar-refractivity contribution is 0.569. The maximum Gasteiger partial charge on any atom is 0.131 e. The fourth-order valence-corrected chi connectivity index (χ4v) is 2.65. The molecule has 2 aromatic rings. The van der Waals surface area contributed by atoms with Gasteiger partial charge < -0.3 is 5.32 Å². The van der Waals surface area contributed by atoms with E-state index >= 15 is 0 Å². The first-order chi connectivity index (χ1) is 10.2. The van der Waals surface area contributed by atoms with E-state index in [1.807, 2.05) is 19.2 Å². The van der Waals surface area contributed by atoms with Gasteiger partial charge in [0.25, 0.3) is 0 Å². The van der Waals surface area contributed by atoms with Crippen molar-refractivity contribution in [1.29, 1.82) is 0 Å². The van der Waals surface area contributed by atoms with E-state index in [-0.39, 0.29) is 11.9 Å². The SMILES string of the molecule is CCCCc1ccc(C(NC)c2cccc(C)c2F)cc1. The van der Waals surface area contributed by atoms with Crippen LogP contribution in [0.3, 0.4) is 0 Å². The predicted octanol–water partition coefficient (Wildman–Crippen LogP) is 4.79. The summed E-state index contributed by atoms with van der Waals surface area (Å²) in [5, 5.41) is 3.23. The Morgan fingerprint density at radius 3 is 2.43 bits per heavy atom. The van der Waals surface area contributed by atoms with Crippen LogP contribution in [0.2, 0.25) is 0 Å². The third-order valence-corrected chi connectivity index (χ3v) is 3.95. The molecule has 0 aromatic heterocycles. The Bertz CT molecular complexity index is 575. The number of benzene rings is 2. The number of halogens is 1. The monoisotopic (exact) mass is 285 g/mol. The van der Waals surface area contributed by atoms with Gasteiger partial charge in [0.05, 0.1) is 6.04 Å². The largest absolute Gasteiger partial charge is 0.309 e. The number of aryl methyl sites for hydroxylation is 2. The first-order valence-electron chi connectivity index (χ1n) is 7.68. The molecule has 1 atom stereocenters. The van der Waals surface area contributed by atoms with Crippen LogP contribution in [-0.2, 0) is 6.42 Å². The molecule has 2 aromatic carbocycles. The Morgan fingerprint density at radius 1 is 1.10 bits per heavy atom. The second-order valence-corrected chi connectivity index (χ2v) is 5.54. The third-order valence-electron chi connectivity index (χ3n) is 3.95. The molecule has 0 saturated heterocycles. The van der Waals surface area contributed by atoms with Crippen molar-refractivity contribution in [3.63, 3.8) is 0 Å². The number of hydrogen-bond acceptors (Lipinski definition) is 1. The first kappa shape index (κ1) is 15.7. The molecule has 0 bridgehead atoms. The molecular formula is C19H24FN. The van der Waals surface area contributed by atoms with Gasteiger partial charge in [0.1, 0.15) is 5.82 Å². The smallest absolute Gasteiger partial charge is 0.131 e. The molecule has 1 N–H and O–H groups in total. The van der Waals surface area contributed by atoms with Crippen molar-refractivity contribution in [2.24, 2.45) is 0 Å². The van der Waals surface area contributed by atoms with Crippen LogP contribution in [-0.4, -0.2) is 7.05 Å². The zero-order valence-corrected chi connectivity index (χ0v) is 13.1. The van der Waals surface area contributed by atoms with Crippen LogP contribution in [0.4, 0.5) is 4.39 Å². The summed E-state index contributed by atoms with van der Waals surface area (Å²) in [7, 11) is 1.87. The molecule has 2 heteroatoms. The molecule has 21 heavy (non-hydrogen) atoms. The van der Waals surface area contributed by atoms with Crippen molar-refractivity contribution in [2.45, 2.75) is 39.2 Å². The van der Waals surface area contributed by atoms with Gasteiger partial charge >= 0.3 is 0 Å². The molecule has 1 nitrogen and oxygen atoms in total. The van der Waals surface area contributed by atoms with Crippen LogP contribution >= 0.6 is 0 Å². The molecule has 0 fully saturated rings. The van der Waals surface area contributed by atoms with Gasteiger partial charge in [0.2, 0.25) is 0 Å². The maximum absolute atomic E-state index is 14.3. The zero-order chi connectivity index (χ0) is 15.2. The molecule has 1 unspecified atom stereocenters. The highest BCUT2D eigenvalue weighted by molar-refractivity contribution is 5.36. The molecular weight excluding hydrogens is 261 g/mol. The minimum Gasteiger partial charge on any atom is -0.309 e. The molecule has 0 aliphatic heterocycles. The number of hydrogen-bond donors (Lipinski definition) is 1. The summed E-state index contributed by atoms with van der Waals surface area (Å²) in [5.74, 6) is -0.119. The fraction of sp³-hybridized carbons (Fsp3) is 0.368. The van der Waals surface area contributed by atoms with Gasteiger partial charge in [-0.05, 0) is 43.5 Å². The van der Waals surface area contributed by atoms with Crippen molar-refractivity contribution in [3.05, 3.63) is 70.5 Å². The highest BCUT2D eigenvalue weighted by Gasteiger charge is 2.16. The summed E-state index contributed by atoms with van der Waals surface area (Å²) in [6.07, 6.45) is 3.52. The topological polar surface area (TPSA) is 12.0 Å². The summed E-state index contributed by atoms with van der Waals surface area (Å²) in [4.78, 5) is 0. The van der Waals surface area contributed by atoms with Crippen LogP contribution < -0.4 is 5.32 Å². The van der Waals surface area contributed by atoms with E-state index in [4.69, 9.17) is 0 Å². The molecule has 0 amide bonds. The molecule has 0 spiro atoms. The van der Waals surface area contributed by atoms with Crippen LogP contribution in [0.25, 0.3) is 0 Å². The Labute approximate surface area is 127 Å². The number of unbranched alkanes of at least 4 members (excludes halogenated alkanes) is 1. The van der Waals surface area contributed by atoms with Crippen LogP contribution in [0.1, 0.15) is 48.1 Å². The van der Waals surface area contributed by atoms with Crippen molar-refractivity contribution in [2.75, 3.05) is 7.05 Å². The van der Waals surface area contributed by atoms with Crippen LogP contribution in [0.15, 0.2) is 42.5 Å². The van der Waals surface area contributed by atoms with E-state index < -0.39 is 0 Å². The second kappa shape index (κ2) is 7.37. The number of rotatable bonds is 6. The summed E-state index contributed by atoms with van der Waals surface area (Å²) in [6.45, 7) is 4.01. The molecule has 0 radical (unpaired) electrons. The lowest BCUT2D eigenvalue weighted by atomic mass is 9.95. The fourth-order valence-electron chi connectivity index (χ4n) is 2.65. The van der Waals surface area contributed by atoms with Gasteiger partial charge in [-0.2, -0.15) is 0 Å². The van der Waals surface area contributed by atoms with Gasteiger partial charge in [0, 0.05) is 5.56 Å². The normalized spacial score (nSPS) is 12.4. The molecule has 0 saturated carbocycles. The Kier molecular flexibility index (Phi) is 5.51. The van der Waals surface area contributed by atoms with Crippen LogP contribution in [0, 0.1) is 12.7 Å². The summed E-state index contributed by atoms with van der Waals surface area (Å²) >= 11 is 0. The van der Waals surface area contributed by atoms with Crippen molar-refractivity contribution < 1.29 is 4.39 Å². The van der Waals surface area contributed by atoms with Gasteiger partial charge in [-0.1, -0.05) is 55.8 Å². The zero-order valence-electron chi connectivity index (χ0n) is 13.1. The van der Waals surface area contributed by atoms with Crippen LogP contribution in [0.5, 0.6) is 0 Å². The van der Waals surface area contributed by atoms with Gasteiger partial charge in [-0.25, -0.2) is 4.39 Å². The van der Waals surface area contributed by atoms with E-state index in [9.17, 15) is 4.39 Å². The average Bonchev–Trinajstić information content (AvgIpc) is 2.51. The van der Waals surface area contributed by atoms with E-state index in [1.54, 1.807) is 13.0 Å². The summed E-state index contributed by atoms with van der Waals surface area (Å²) < 4.78 is 14.3. The summed E-state index contributed by atoms with van der Waals surface area (Å²) in [5.41, 5.74) is 3.84. The number of nitrogens with one attached hydrogen (secondary N) is 1. The average molecular weight is 285 g/mol. The van der Waals surface area contributed by atoms with Gasteiger partial charge in [-0.15, -0.1) is 0 Å². The lowest BCUT2D eigenvalue weighted by Crippen LogP contribution is -2.19. The predicted molar refractivity (Wildman–Crippen MR) is 87.1 cm³/mol. The Balaban J connectivity index is 2.27. The van der Waals surface area contributed by atoms with Gasteiger partial charge in [0.15, 0.2) is 0 Å². The molecule has 0 heterocycles. The standard InChI is InChI=1S/C19H24FN/c1-4-5-8-15-10-12-16(13-11-15)19(21-3)17-9-6-7-14(2)18(17)20/h6-7,9-13,19,21H,4-5,8H2,1-3H3. The Morgan fingerprint density at radius 2 is 1.81 bits per heavy atom. The maximum atomic E-state index is 14.3. The van der Waals surface area contributed by atoms with E-state index in [2.05, 4.69) is 36.5 Å². The highest BCUT2D eigenvalue weighted by Crippen LogP contribution is 2.26. The molecule has 0 aliphatic rings. The lowest BCUT2D eigenvalue weighted by Gasteiger charge is -2.19. The van der Waals surface area contributed by atoms with Crippen molar-refractivity contribution >= 4 is 0 Å². The molecule has 0 aliphatic carbocycles. The molecule has 112 valence electrons. The quantitative estimate of drug-likeness (QED) is 0.805. The minimum absolute atomic E-state index is 0.106. The first-order valence-corrected chi connectivity index (χ1v) is 7.68. The summed E-state index contributed by atoms with van der Waals surface area (Å²) in [6, 6.07) is 14.0. The highest BCUT2D eigenvalue weighted by atomic mass is 19.1. The van der Waals surface area contributed by atoms with Gasteiger partial charge in [-0.3, -0.25) is 0 Å². The van der Waals surface area contributed by atoms with E-state index in [0.717, 1.165) is 12.0 Å². The Hall–Kier alpha value is -1.67. The second-order valence-electron chi connectivity index (χ2n) is 5.54. The molecule has 2 rings (SSSR count).